The van der Waals surface area contributed by atoms with Crippen LogP contribution in [0.25, 0.3) is 10.8 Å². The SMILES string of the molecule is CSCCC(NCc1c(OCc2c(Cl)cccc2Cl)ccc2ccccc12)C(=O)O. The van der Waals surface area contributed by atoms with Crippen LogP contribution >= 0.6 is 35.0 Å². The summed E-state index contributed by atoms with van der Waals surface area (Å²) in [6, 6.07) is 16.6. The first-order valence-electron chi connectivity index (χ1n) is 9.52. The van der Waals surface area contributed by atoms with Gasteiger partial charge in [0.1, 0.15) is 18.4 Å². The van der Waals surface area contributed by atoms with E-state index < -0.39 is 12.0 Å². The van der Waals surface area contributed by atoms with Crippen molar-refractivity contribution >= 4 is 51.7 Å². The Morgan fingerprint density at radius 1 is 1.07 bits per heavy atom. The number of carboxylic acid groups (broad SMARTS) is 1. The number of rotatable bonds is 10. The van der Waals surface area contributed by atoms with Crippen LogP contribution in [0.15, 0.2) is 54.6 Å². The van der Waals surface area contributed by atoms with Crippen molar-refractivity contribution in [3.05, 3.63) is 75.8 Å². The van der Waals surface area contributed by atoms with E-state index in [-0.39, 0.29) is 6.61 Å². The zero-order chi connectivity index (χ0) is 21.5. The Hall–Kier alpha value is -1.92. The maximum absolute atomic E-state index is 11.6. The lowest BCUT2D eigenvalue weighted by Crippen LogP contribution is -2.36. The fourth-order valence-corrected chi connectivity index (χ4v) is 4.21. The normalized spacial score (nSPS) is 12.1. The molecule has 3 aromatic rings. The van der Waals surface area contributed by atoms with Crippen molar-refractivity contribution in [2.45, 2.75) is 25.6 Å². The molecule has 7 heteroatoms. The maximum Gasteiger partial charge on any atom is 0.320 e. The van der Waals surface area contributed by atoms with Gasteiger partial charge in [-0.3, -0.25) is 4.79 Å². The molecule has 0 aliphatic carbocycles. The van der Waals surface area contributed by atoms with Crippen molar-refractivity contribution in [1.29, 1.82) is 0 Å². The number of hydrogen-bond acceptors (Lipinski definition) is 4. The lowest BCUT2D eigenvalue weighted by Gasteiger charge is -2.18. The van der Waals surface area contributed by atoms with Crippen LogP contribution in [0.3, 0.4) is 0 Å². The molecule has 0 amide bonds. The predicted octanol–water partition coefficient (Wildman–Crippen LogP) is 6.02. The molecule has 0 bridgehead atoms. The van der Waals surface area contributed by atoms with Crippen molar-refractivity contribution < 1.29 is 14.6 Å². The number of carbonyl (C=O) groups is 1. The van der Waals surface area contributed by atoms with E-state index in [1.165, 1.54) is 0 Å². The molecule has 0 heterocycles. The van der Waals surface area contributed by atoms with Gasteiger partial charge in [-0.2, -0.15) is 11.8 Å². The topological polar surface area (TPSA) is 58.6 Å². The first-order chi connectivity index (χ1) is 14.5. The number of nitrogens with one attached hydrogen (secondary N) is 1. The Morgan fingerprint density at radius 2 is 1.80 bits per heavy atom. The van der Waals surface area contributed by atoms with Gasteiger partial charge < -0.3 is 15.2 Å². The summed E-state index contributed by atoms with van der Waals surface area (Å²) in [5, 5.41) is 15.9. The maximum atomic E-state index is 11.6. The molecule has 3 rings (SSSR count). The fraction of sp³-hybridized carbons (Fsp3) is 0.261. The summed E-state index contributed by atoms with van der Waals surface area (Å²) in [4.78, 5) is 11.6. The standard InChI is InChI=1S/C23H23Cl2NO3S/c1-30-12-11-21(23(27)28)26-13-17-16-6-3-2-5-15(16)9-10-22(17)29-14-18-19(24)7-4-8-20(18)25/h2-10,21,26H,11-14H2,1H3,(H,27,28). The number of halogens is 2. The highest BCUT2D eigenvalue weighted by Gasteiger charge is 2.18. The fourth-order valence-electron chi connectivity index (χ4n) is 3.23. The van der Waals surface area contributed by atoms with Gasteiger partial charge in [-0.25, -0.2) is 0 Å². The van der Waals surface area contributed by atoms with Crippen LogP contribution in [0, 0.1) is 0 Å². The van der Waals surface area contributed by atoms with Gasteiger partial charge in [-0.1, -0.05) is 59.6 Å². The Bertz CT molecular complexity index is 1010. The van der Waals surface area contributed by atoms with Crippen LogP contribution < -0.4 is 10.1 Å². The molecule has 0 saturated heterocycles. The van der Waals surface area contributed by atoms with Crippen molar-refractivity contribution in [3.8, 4) is 5.75 Å². The van der Waals surface area contributed by atoms with E-state index in [9.17, 15) is 9.90 Å². The molecular formula is C23H23Cl2NO3S. The predicted molar refractivity (Wildman–Crippen MR) is 126 cm³/mol. The highest BCUT2D eigenvalue weighted by atomic mass is 35.5. The molecule has 3 aromatic carbocycles. The molecule has 0 radical (unpaired) electrons. The molecule has 0 spiro atoms. The summed E-state index contributed by atoms with van der Waals surface area (Å²) in [6.45, 7) is 0.594. The molecule has 4 nitrogen and oxygen atoms in total. The zero-order valence-corrected chi connectivity index (χ0v) is 18.9. The van der Waals surface area contributed by atoms with Gasteiger partial charge in [0, 0.05) is 27.7 Å². The molecule has 0 fully saturated rings. The van der Waals surface area contributed by atoms with Crippen molar-refractivity contribution in [2.24, 2.45) is 0 Å². The number of ether oxygens (including phenoxy) is 1. The highest BCUT2D eigenvalue weighted by molar-refractivity contribution is 7.98. The third-order valence-electron chi connectivity index (χ3n) is 4.87. The Morgan fingerprint density at radius 3 is 2.50 bits per heavy atom. The van der Waals surface area contributed by atoms with Crippen molar-refractivity contribution in [1.82, 2.24) is 5.32 Å². The summed E-state index contributed by atoms with van der Waals surface area (Å²) in [5.41, 5.74) is 1.63. The smallest absolute Gasteiger partial charge is 0.320 e. The van der Waals surface area contributed by atoms with Gasteiger partial charge in [0.15, 0.2) is 0 Å². The Labute approximate surface area is 190 Å². The number of benzene rings is 3. The van der Waals surface area contributed by atoms with Crippen molar-refractivity contribution in [2.75, 3.05) is 12.0 Å². The molecule has 0 aromatic heterocycles. The zero-order valence-electron chi connectivity index (χ0n) is 16.5. The van der Waals surface area contributed by atoms with Gasteiger partial charge in [0.05, 0.1) is 0 Å². The second-order valence-corrected chi connectivity index (χ2v) is 8.61. The average Bonchev–Trinajstić information content (AvgIpc) is 2.73. The lowest BCUT2D eigenvalue weighted by atomic mass is 10.0. The first-order valence-corrected chi connectivity index (χ1v) is 11.7. The van der Waals surface area contributed by atoms with E-state index in [4.69, 9.17) is 27.9 Å². The quantitative estimate of drug-likeness (QED) is 0.384. The summed E-state index contributed by atoms with van der Waals surface area (Å²) in [7, 11) is 0. The first kappa shape index (κ1) is 22.8. The summed E-state index contributed by atoms with van der Waals surface area (Å²) >= 11 is 14.2. The van der Waals surface area contributed by atoms with E-state index in [2.05, 4.69) is 5.32 Å². The molecule has 0 aliphatic heterocycles. The van der Waals surface area contributed by atoms with Crippen molar-refractivity contribution in [3.63, 3.8) is 0 Å². The number of hydrogen-bond donors (Lipinski definition) is 2. The van der Waals surface area contributed by atoms with Gasteiger partial charge >= 0.3 is 5.97 Å². The third kappa shape index (κ3) is 5.61. The molecule has 30 heavy (non-hydrogen) atoms. The molecule has 158 valence electrons. The number of carboxylic acids is 1. The lowest BCUT2D eigenvalue weighted by molar-refractivity contribution is -0.139. The van der Waals surface area contributed by atoms with E-state index in [1.54, 1.807) is 30.0 Å². The van der Waals surface area contributed by atoms with Crippen LogP contribution in [0.5, 0.6) is 5.75 Å². The second-order valence-electron chi connectivity index (χ2n) is 6.81. The molecule has 1 unspecified atom stereocenters. The van der Waals surface area contributed by atoms with Gasteiger partial charge in [-0.05, 0) is 47.4 Å². The van der Waals surface area contributed by atoms with E-state index in [1.807, 2.05) is 42.7 Å². The average molecular weight is 464 g/mol. The molecular weight excluding hydrogens is 441 g/mol. The Balaban J connectivity index is 1.88. The van der Waals surface area contributed by atoms with E-state index in [0.29, 0.717) is 28.8 Å². The molecule has 0 aliphatic rings. The third-order valence-corrected chi connectivity index (χ3v) is 6.22. The van der Waals surface area contributed by atoms with E-state index >= 15 is 0 Å². The van der Waals surface area contributed by atoms with Crippen LogP contribution in [0.1, 0.15) is 17.5 Å². The van der Waals surface area contributed by atoms with Crippen LogP contribution in [0.2, 0.25) is 10.0 Å². The summed E-state index contributed by atoms with van der Waals surface area (Å²) < 4.78 is 6.11. The largest absolute Gasteiger partial charge is 0.488 e. The molecule has 2 N–H and O–H groups in total. The summed E-state index contributed by atoms with van der Waals surface area (Å²) in [6.07, 6.45) is 2.52. The minimum absolute atomic E-state index is 0.221. The van der Waals surface area contributed by atoms with Gasteiger partial charge in [0.25, 0.3) is 0 Å². The minimum atomic E-state index is -0.852. The number of thioether (sulfide) groups is 1. The summed E-state index contributed by atoms with van der Waals surface area (Å²) in [5.74, 6) is 0.592. The number of aliphatic carboxylic acids is 1. The van der Waals surface area contributed by atoms with Crippen LogP contribution in [-0.4, -0.2) is 29.1 Å². The van der Waals surface area contributed by atoms with Gasteiger partial charge in [0.2, 0.25) is 0 Å². The second kappa shape index (κ2) is 10.9. The monoisotopic (exact) mass is 463 g/mol. The van der Waals surface area contributed by atoms with E-state index in [0.717, 1.165) is 27.7 Å². The Kier molecular flexibility index (Phi) is 8.28. The minimum Gasteiger partial charge on any atom is -0.488 e. The highest BCUT2D eigenvalue weighted by Crippen LogP contribution is 2.31. The van der Waals surface area contributed by atoms with Crippen LogP contribution in [-0.2, 0) is 17.9 Å². The molecule has 0 saturated carbocycles. The van der Waals surface area contributed by atoms with Crippen LogP contribution in [0.4, 0.5) is 0 Å². The number of fused-ring (bicyclic) bond motifs is 1. The van der Waals surface area contributed by atoms with Gasteiger partial charge in [-0.15, -0.1) is 0 Å². The molecule has 1 atom stereocenters.